The number of rotatable bonds is 1. The Hall–Kier alpha value is -1.58. The molecule has 0 atom stereocenters. The average Bonchev–Trinajstić information content (AvgIpc) is 2.63. The number of benzene rings is 1. The first kappa shape index (κ1) is 11.5. The molecule has 0 amide bonds. The van der Waals surface area contributed by atoms with Gasteiger partial charge in [-0.15, -0.1) is 0 Å². The van der Waals surface area contributed by atoms with E-state index in [9.17, 15) is 0 Å². The Morgan fingerprint density at radius 3 is 3.06 bits per heavy atom. The first-order chi connectivity index (χ1) is 8.83. The van der Waals surface area contributed by atoms with Gasteiger partial charge in [-0.3, -0.25) is 0 Å². The van der Waals surface area contributed by atoms with E-state index < -0.39 is 0 Å². The first-order valence-corrected chi connectivity index (χ1v) is 6.30. The number of aromatic nitrogens is 1. The molecule has 0 bridgehead atoms. The van der Waals surface area contributed by atoms with Crippen molar-refractivity contribution in [2.24, 2.45) is 0 Å². The molecular formula is C14H13ClN2O. The fourth-order valence-corrected chi connectivity index (χ4v) is 2.17. The predicted octanol–water partition coefficient (Wildman–Crippen LogP) is 2.88. The second kappa shape index (κ2) is 4.96. The molecule has 1 aromatic heterocycles. The third kappa shape index (κ3) is 2.33. The van der Waals surface area contributed by atoms with Crippen LogP contribution in [0.3, 0.4) is 0 Å². The van der Waals surface area contributed by atoms with Crippen LogP contribution in [0.4, 0.5) is 0 Å². The molecule has 0 saturated heterocycles. The molecule has 3 rings (SSSR count). The molecule has 2 aromatic rings. The molecule has 18 heavy (non-hydrogen) atoms. The molecule has 0 radical (unpaired) electrons. The molecule has 3 nitrogen and oxygen atoms in total. The van der Waals surface area contributed by atoms with Crippen LogP contribution in [0.25, 0.3) is 11.3 Å². The molecule has 4 heteroatoms. The van der Waals surface area contributed by atoms with E-state index in [0.29, 0.717) is 11.6 Å². The van der Waals surface area contributed by atoms with Crippen LogP contribution < -0.4 is 10.1 Å². The van der Waals surface area contributed by atoms with Crippen molar-refractivity contribution >= 4 is 11.6 Å². The molecule has 1 aliphatic heterocycles. The molecule has 0 aliphatic carbocycles. The normalized spacial score (nSPS) is 14.5. The van der Waals surface area contributed by atoms with Gasteiger partial charge in [0.05, 0.1) is 5.69 Å². The smallest absolute Gasteiger partial charge is 0.218 e. The number of hydrogen-bond donors (Lipinski definition) is 1. The minimum absolute atomic E-state index is 0.652. The minimum Gasteiger partial charge on any atom is -0.476 e. The highest BCUT2D eigenvalue weighted by Gasteiger charge is 2.11. The van der Waals surface area contributed by atoms with Crippen LogP contribution in [0.2, 0.25) is 5.02 Å². The molecule has 1 aromatic carbocycles. The van der Waals surface area contributed by atoms with Gasteiger partial charge in [-0.1, -0.05) is 29.8 Å². The number of halogens is 1. The van der Waals surface area contributed by atoms with Gasteiger partial charge in [0.25, 0.3) is 0 Å². The molecule has 1 aliphatic rings. The third-order valence-electron chi connectivity index (χ3n) is 2.89. The number of pyridine rings is 1. The Balaban J connectivity index is 2.01. The van der Waals surface area contributed by atoms with E-state index in [-0.39, 0.29) is 0 Å². The van der Waals surface area contributed by atoms with Gasteiger partial charge >= 0.3 is 0 Å². The van der Waals surface area contributed by atoms with E-state index in [2.05, 4.69) is 16.4 Å². The summed E-state index contributed by atoms with van der Waals surface area (Å²) in [5.74, 6) is 0.720. The van der Waals surface area contributed by atoms with Crippen LogP contribution in [0.1, 0.15) is 5.56 Å². The van der Waals surface area contributed by atoms with Crippen molar-refractivity contribution in [1.82, 2.24) is 10.3 Å². The summed E-state index contributed by atoms with van der Waals surface area (Å²) in [6.07, 6.45) is 0. The van der Waals surface area contributed by atoms with Gasteiger partial charge in [-0.05, 0) is 18.2 Å². The summed E-state index contributed by atoms with van der Waals surface area (Å²) in [6.45, 7) is 2.31. The largest absolute Gasteiger partial charge is 0.476 e. The van der Waals surface area contributed by atoms with Crippen LogP contribution >= 0.6 is 11.6 Å². The van der Waals surface area contributed by atoms with Crippen molar-refractivity contribution in [2.45, 2.75) is 6.54 Å². The lowest BCUT2D eigenvalue weighted by molar-refractivity contribution is 0.314. The van der Waals surface area contributed by atoms with Crippen LogP contribution in [0.15, 0.2) is 36.4 Å². The molecule has 1 N–H and O–H groups in total. The van der Waals surface area contributed by atoms with Crippen molar-refractivity contribution in [3.63, 3.8) is 0 Å². The monoisotopic (exact) mass is 260 g/mol. The Bertz CT molecular complexity index is 571. The summed E-state index contributed by atoms with van der Waals surface area (Å²) in [7, 11) is 0. The minimum atomic E-state index is 0.652. The highest BCUT2D eigenvalue weighted by Crippen LogP contribution is 2.25. The van der Waals surface area contributed by atoms with Gasteiger partial charge in [-0.25, -0.2) is 4.98 Å². The van der Waals surface area contributed by atoms with Gasteiger partial charge < -0.3 is 10.1 Å². The zero-order valence-corrected chi connectivity index (χ0v) is 10.6. The van der Waals surface area contributed by atoms with Crippen LogP contribution in [0, 0.1) is 0 Å². The third-order valence-corrected chi connectivity index (χ3v) is 3.13. The summed E-state index contributed by atoms with van der Waals surface area (Å²) < 4.78 is 5.63. The molecule has 0 saturated carbocycles. The molecule has 2 heterocycles. The van der Waals surface area contributed by atoms with Crippen LogP contribution in [-0.2, 0) is 6.54 Å². The second-order valence-corrected chi connectivity index (χ2v) is 4.63. The summed E-state index contributed by atoms with van der Waals surface area (Å²) in [5.41, 5.74) is 2.99. The van der Waals surface area contributed by atoms with E-state index in [1.165, 1.54) is 0 Å². The quantitative estimate of drug-likeness (QED) is 0.856. The SMILES string of the molecule is Clc1cccc(-c2ccc3c(n2)OCCNC3)c1. The first-order valence-electron chi connectivity index (χ1n) is 5.92. The fourth-order valence-electron chi connectivity index (χ4n) is 1.98. The lowest BCUT2D eigenvalue weighted by Crippen LogP contribution is -2.16. The maximum absolute atomic E-state index is 6.00. The fraction of sp³-hybridized carbons (Fsp3) is 0.214. The van der Waals surface area contributed by atoms with Gasteiger partial charge in [0.1, 0.15) is 6.61 Å². The Morgan fingerprint density at radius 1 is 1.22 bits per heavy atom. The Labute approximate surface area is 111 Å². The zero-order valence-electron chi connectivity index (χ0n) is 9.82. The van der Waals surface area contributed by atoms with E-state index in [0.717, 1.165) is 35.8 Å². The molecule has 92 valence electrons. The Kier molecular flexibility index (Phi) is 3.17. The number of ether oxygens (including phenoxy) is 1. The lowest BCUT2D eigenvalue weighted by atomic mass is 10.1. The summed E-state index contributed by atoms with van der Waals surface area (Å²) in [6, 6.07) is 11.7. The van der Waals surface area contributed by atoms with Gasteiger partial charge in [0.2, 0.25) is 5.88 Å². The highest BCUT2D eigenvalue weighted by atomic mass is 35.5. The average molecular weight is 261 g/mol. The number of fused-ring (bicyclic) bond motifs is 1. The van der Waals surface area contributed by atoms with Crippen LogP contribution in [0.5, 0.6) is 5.88 Å². The molecule has 0 fully saturated rings. The maximum atomic E-state index is 6.00. The maximum Gasteiger partial charge on any atom is 0.218 e. The van der Waals surface area contributed by atoms with E-state index >= 15 is 0 Å². The molecular weight excluding hydrogens is 248 g/mol. The van der Waals surface area contributed by atoms with Crippen molar-refractivity contribution < 1.29 is 4.74 Å². The van der Waals surface area contributed by atoms with Crippen molar-refractivity contribution in [3.05, 3.63) is 47.0 Å². The summed E-state index contributed by atoms with van der Waals surface area (Å²) >= 11 is 6.00. The highest BCUT2D eigenvalue weighted by molar-refractivity contribution is 6.30. The van der Waals surface area contributed by atoms with Gasteiger partial charge in [-0.2, -0.15) is 0 Å². The van der Waals surface area contributed by atoms with Crippen molar-refractivity contribution in [2.75, 3.05) is 13.2 Å². The van der Waals surface area contributed by atoms with E-state index in [1.807, 2.05) is 30.3 Å². The lowest BCUT2D eigenvalue weighted by Gasteiger charge is -2.08. The molecule has 0 spiro atoms. The van der Waals surface area contributed by atoms with Gasteiger partial charge in [0.15, 0.2) is 0 Å². The van der Waals surface area contributed by atoms with E-state index in [4.69, 9.17) is 16.3 Å². The topological polar surface area (TPSA) is 34.1 Å². The van der Waals surface area contributed by atoms with Gasteiger partial charge in [0, 0.05) is 29.2 Å². The number of nitrogens with one attached hydrogen (secondary N) is 1. The molecule has 0 unspecified atom stereocenters. The predicted molar refractivity (Wildman–Crippen MR) is 71.9 cm³/mol. The van der Waals surface area contributed by atoms with Crippen LogP contribution in [-0.4, -0.2) is 18.1 Å². The number of nitrogens with zero attached hydrogens (tertiary/aromatic N) is 1. The van der Waals surface area contributed by atoms with Crippen molar-refractivity contribution in [3.8, 4) is 17.1 Å². The standard InChI is InChI=1S/C14H13ClN2O/c15-12-3-1-2-10(8-12)13-5-4-11-9-16-6-7-18-14(11)17-13/h1-5,8,16H,6-7,9H2. The Morgan fingerprint density at radius 2 is 2.17 bits per heavy atom. The number of hydrogen-bond acceptors (Lipinski definition) is 3. The van der Waals surface area contributed by atoms with Crippen molar-refractivity contribution in [1.29, 1.82) is 0 Å². The second-order valence-electron chi connectivity index (χ2n) is 4.20. The van der Waals surface area contributed by atoms with E-state index in [1.54, 1.807) is 0 Å². The summed E-state index contributed by atoms with van der Waals surface area (Å²) in [4.78, 5) is 4.56. The summed E-state index contributed by atoms with van der Waals surface area (Å²) in [5, 5.41) is 4.00. The zero-order chi connectivity index (χ0) is 12.4.